The Morgan fingerprint density at radius 1 is 1.17 bits per heavy atom. The van der Waals surface area contributed by atoms with E-state index in [0.29, 0.717) is 5.56 Å². The molecule has 1 N–H and O–H groups in total. The van der Waals surface area contributed by atoms with E-state index in [0.717, 1.165) is 9.37 Å². The standard InChI is InChI=1S/C16H14BrF2NO2S/c17-12-5-7-13(8-6-12)23-10-15(21)20-9-11-3-1-2-4-14(11)22-16(18)19/h1-8,16H,9-10H2,(H,20,21). The zero-order valence-corrected chi connectivity index (χ0v) is 14.4. The molecule has 0 bridgehead atoms. The van der Waals surface area contributed by atoms with Gasteiger partial charge in [0.1, 0.15) is 5.75 Å². The summed E-state index contributed by atoms with van der Waals surface area (Å²) in [5.41, 5.74) is 0.509. The topological polar surface area (TPSA) is 38.3 Å². The number of carbonyl (C=O) groups excluding carboxylic acids is 1. The predicted octanol–water partition coefficient (Wildman–Crippen LogP) is 4.46. The van der Waals surface area contributed by atoms with Crippen LogP contribution in [0.25, 0.3) is 0 Å². The third kappa shape index (κ3) is 6.19. The Morgan fingerprint density at radius 2 is 1.87 bits per heavy atom. The van der Waals surface area contributed by atoms with Crippen molar-refractivity contribution >= 4 is 33.6 Å². The number of carbonyl (C=O) groups is 1. The normalized spacial score (nSPS) is 10.6. The zero-order chi connectivity index (χ0) is 16.7. The molecule has 2 aromatic carbocycles. The second-order valence-electron chi connectivity index (χ2n) is 4.51. The van der Waals surface area contributed by atoms with E-state index in [9.17, 15) is 13.6 Å². The molecule has 0 saturated heterocycles. The van der Waals surface area contributed by atoms with Gasteiger partial charge >= 0.3 is 6.61 Å². The number of thioether (sulfide) groups is 1. The summed E-state index contributed by atoms with van der Waals surface area (Å²) in [6, 6.07) is 14.0. The number of para-hydroxylation sites is 1. The van der Waals surface area contributed by atoms with Crippen molar-refractivity contribution in [1.82, 2.24) is 5.32 Å². The highest BCUT2D eigenvalue weighted by molar-refractivity contribution is 9.10. The first-order chi connectivity index (χ1) is 11.0. The van der Waals surface area contributed by atoms with Crippen molar-refractivity contribution in [2.24, 2.45) is 0 Å². The van der Waals surface area contributed by atoms with Crippen molar-refractivity contribution in [3.8, 4) is 5.75 Å². The molecule has 0 spiro atoms. The highest BCUT2D eigenvalue weighted by Crippen LogP contribution is 2.21. The lowest BCUT2D eigenvalue weighted by atomic mass is 10.2. The lowest BCUT2D eigenvalue weighted by Gasteiger charge is -2.11. The molecule has 3 nitrogen and oxygen atoms in total. The van der Waals surface area contributed by atoms with Crippen LogP contribution in [0.15, 0.2) is 57.9 Å². The maximum Gasteiger partial charge on any atom is 0.387 e. The average Bonchev–Trinajstić information content (AvgIpc) is 2.53. The molecule has 23 heavy (non-hydrogen) atoms. The fourth-order valence-electron chi connectivity index (χ4n) is 1.79. The lowest BCUT2D eigenvalue weighted by Crippen LogP contribution is -2.25. The summed E-state index contributed by atoms with van der Waals surface area (Å²) in [5, 5.41) is 2.70. The molecular formula is C16H14BrF2NO2S. The Labute approximate surface area is 145 Å². The lowest BCUT2D eigenvalue weighted by molar-refractivity contribution is -0.118. The van der Waals surface area contributed by atoms with Crippen LogP contribution in [-0.4, -0.2) is 18.3 Å². The Balaban J connectivity index is 1.83. The zero-order valence-electron chi connectivity index (χ0n) is 12.0. The van der Waals surface area contributed by atoms with Gasteiger partial charge in [0, 0.05) is 21.5 Å². The molecular weight excluding hydrogens is 388 g/mol. The largest absolute Gasteiger partial charge is 0.434 e. The van der Waals surface area contributed by atoms with E-state index in [1.54, 1.807) is 18.2 Å². The minimum absolute atomic E-state index is 0.0726. The van der Waals surface area contributed by atoms with Gasteiger partial charge in [0.15, 0.2) is 0 Å². The predicted molar refractivity (Wildman–Crippen MR) is 89.8 cm³/mol. The van der Waals surface area contributed by atoms with Crippen LogP contribution in [0.1, 0.15) is 5.56 Å². The van der Waals surface area contributed by atoms with Crippen molar-refractivity contribution in [3.05, 3.63) is 58.6 Å². The number of halogens is 3. The van der Waals surface area contributed by atoms with E-state index in [-0.39, 0.29) is 24.0 Å². The third-order valence-corrected chi connectivity index (χ3v) is 4.39. The minimum atomic E-state index is -2.89. The number of benzene rings is 2. The van der Waals surface area contributed by atoms with Crippen LogP contribution in [-0.2, 0) is 11.3 Å². The third-order valence-electron chi connectivity index (χ3n) is 2.85. The Bertz CT molecular complexity index is 653. The second-order valence-corrected chi connectivity index (χ2v) is 6.47. The number of alkyl halides is 2. The summed E-state index contributed by atoms with van der Waals surface area (Å²) in [7, 11) is 0. The van der Waals surface area contributed by atoms with Gasteiger partial charge in [-0.25, -0.2) is 0 Å². The maximum atomic E-state index is 12.3. The van der Waals surface area contributed by atoms with Gasteiger partial charge < -0.3 is 10.1 Å². The van der Waals surface area contributed by atoms with Crippen LogP contribution >= 0.6 is 27.7 Å². The monoisotopic (exact) mass is 401 g/mol. The van der Waals surface area contributed by atoms with E-state index in [2.05, 4.69) is 26.0 Å². The highest BCUT2D eigenvalue weighted by atomic mass is 79.9. The van der Waals surface area contributed by atoms with Crippen LogP contribution in [0, 0.1) is 0 Å². The van der Waals surface area contributed by atoms with Gasteiger partial charge in [0.05, 0.1) is 5.75 Å². The molecule has 7 heteroatoms. The highest BCUT2D eigenvalue weighted by Gasteiger charge is 2.10. The molecule has 0 aliphatic heterocycles. The Kier molecular flexibility index (Phi) is 6.85. The molecule has 0 aromatic heterocycles. The Hall–Kier alpha value is -1.60. The first-order valence-electron chi connectivity index (χ1n) is 6.72. The van der Waals surface area contributed by atoms with Gasteiger partial charge in [-0.2, -0.15) is 8.78 Å². The molecule has 1 amide bonds. The van der Waals surface area contributed by atoms with E-state index >= 15 is 0 Å². The van der Waals surface area contributed by atoms with E-state index in [1.807, 2.05) is 24.3 Å². The van der Waals surface area contributed by atoms with Crippen molar-refractivity contribution < 1.29 is 18.3 Å². The molecule has 0 fully saturated rings. The number of amides is 1. The maximum absolute atomic E-state index is 12.3. The summed E-state index contributed by atoms with van der Waals surface area (Å²) < 4.78 is 30.0. The van der Waals surface area contributed by atoms with E-state index in [1.165, 1.54) is 17.8 Å². The summed E-state index contributed by atoms with van der Waals surface area (Å²) >= 11 is 4.75. The average molecular weight is 402 g/mol. The summed E-state index contributed by atoms with van der Waals surface area (Å²) in [6.07, 6.45) is 0. The SMILES string of the molecule is O=C(CSc1ccc(Br)cc1)NCc1ccccc1OC(F)F. The van der Waals surface area contributed by atoms with Gasteiger partial charge in [-0.05, 0) is 30.3 Å². The quantitative estimate of drug-likeness (QED) is 0.696. The number of rotatable bonds is 7. The fraction of sp³-hybridized carbons (Fsp3) is 0.188. The molecule has 2 aromatic rings. The first-order valence-corrected chi connectivity index (χ1v) is 8.50. The summed E-state index contributed by atoms with van der Waals surface area (Å²) in [5.74, 6) is 0.146. The van der Waals surface area contributed by atoms with Gasteiger partial charge in [-0.15, -0.1) is 11.8 Å². The van der Waals surface area contributed by atoms with E-state index < -0.39 is 6.61 Å². The van der Waals surface area contributed by atoms with Crippen LogP contribution < -0.4 is 10.1 Å². The van der Waals surface area contributed by atoms with Crippen molar-refractivity contribution in [2.45, 2.75) is 18.1 Å². The molecule has 0 heterocycles. The van der Waals surface area contributed by atoms with Crippen molar-refractivity contribution in [1.29, 1.82) is 0 Å². The van der Waals surface area contributed by atoms with Crippen molar-refractivity contribution in [2.75, 3.05) is 5.75 Å². The van der Waals surface area contributed by atoms with Crippen LogP contribution in [0.2, 0.25) is 0 Å². The van der Waals surface area contributed by atoms with Gasteiger partial charge in [0.25, 0.3) is 0 Å². The number of ether oxygens (including phenoxy) is 1. The Morgan fingerprint density at radius 3 is 2.57 bits per heavy atom. The number of hydrogen-bond acceptors (Lipinski definition) is 3. The molecule has 0 aliphatic carbocycles. The van der Waals surface area contributed by atoms with Gasteiger partial charge in [0.2, 0.25) is 5.91 Å². The molecule has 0 atom stereocenters. The number of nitrogens with one attached hydrogen (secondary N) is 1. The second kappa shape index (κ2) is 8.88. The van der Waals surface area contributed by atoms with E-state index in [4.69, 9.17) is 0 Å². The molecule has 0 aliphatic rings. The van der Waals surface area contributed by atoms with Crippen molar-refractivity contribution in [3.63, 3.8) is 0 Å². The molecule has 0 radical (unpaired) electrons. The van der Waals surface area contributed by atoms with Crippen LogP contribution in [0.3, 0.4) is 0 Å². The fourth-order valence-corrected chi connectivity index (χ4v) is 2.78. The minimum Gasteiger partial charge on any atom is -0.434 e. The van der Waals surface area contributed by atoms with Gasteiger partial charge in [-0.1, -0.05) is 34.1 Å². The van der Waals surface area contributed by atoms with Crippen LogP contribution in [0.5, 0.6) is 5.75 Å². The van der Waals surface area contributed by atoms with Gasteiger partial charge in [-0.3, -0.25) is 4.79 Å². The molecule has 2 rings (SSSR count). The molecule has 0 unspecified atom stereocenters. The molecule has 0 saturated carbocycles. The smallest absolute Gasteiger partial charge is 0.387 e. The molecule has 122 valence electrons. The van der Waals surface area contributed by atoms with Crippen LogP contribution in [0.4, 0.5) is 8.78 Å². The summed E-state index contributed by atoms with van der Waals surface area (Å²) in [4.78, 5) is 12.8. The first kappa shape index (κ1) is 17.7. The summed E-state index contributed by atoms with van der Waals surface area (Å²) in [6.45, 7) is -2.75. The number of hydrogen-bond donors (Lipinski definition) is 1.